The van der Waals surface area contributed by atoms with Crippen molar-refractivity contribution in [2.75, 3.05) is 11.1 Å². The number of halogens is 1. The molecule has 3 aromatic rings. The first kappa shape index (κ1) is 18.9. The summed E-state index contributed by atoms with van der Waals surface area (Å²) in [6.45, 7) is 1.95. The summed E-state index contributed by atoms with van der Waals surface area (Å²) in [6, 6.07) is 10.4. The van der Waals surface area contributed by atoms with Crippen LogP contribution in [0, 0.1) is 30.0 Å². The molecular weight excluding hydrogens is 369 g/mol. The maximum atomic E-state index is 13.9. The van der Waals surface area contributed by atoms with Gasteiger partial charge in [-0.15, -0.1) is 0 Å². The third kappa shape index (κ3) is 4.06. The van der Waals surface area contributed by atoms with Crippen molar-refractivity contribution < 1.29 is 9.13 Å². The Morgan fingerprint density at radius 3 is 2.72 bits per heavy atom. The van der Waals surface area contributed by atoms with Gasteiger partial charge in [-0.05, 0) is 62.4 Å². The number of nitrogens with zero attached hydrogens (tertiary/aromatic N) is 3. The Kier molecular flexibility index (Phi) is 5.17. The number of benzene rings is 2. The van der Waals surface area contributed by atoms with Crippen LogP contribution in [0.2, 0.25) is 0 Å². The van der Waals surface area contributed by atoms with Crippen molar-refractivity contribution in [3.05, 3.63) is 48.0 Å². The van der Waals surface area contributed by atoms with E-state index >= 15 is 0 Å². The van der Waals surface area contributed by atoms with E-state index in [2.05, 4.69) is 21.4 Å². The van der Waals surface area contributed by atoms with Crippen molar-refractivity contribution in [2.24, 2.45) is 5.92 Å². The second-order valence-electron chi connectivity index (χ2n) is 7.44. The fourth-order valence-corrected chi connectivity index (χ4v) is 3.83. The molecular formula is C22H22FN5O. The van der Waals surface area contributed by atoms with Crippen LogP contribution < -0.4 is 15.8 Å². The average Bonchev–Trinajstić information content (AvgIpc) is 2.70. The number of nitrogen functional groups attached to an aromatic ring is 1. The zero-order chi connectivity index (χ0) is 20.4. The lowest BCUT2D eigenvalue weighted by atomic mass is 9.88. The molecule has 7 heteroatoms. The summed E-state index contributed by atoms with van der Waals surface area (Å²) in [6.07, 6.45) is 4.60. The number of ether oxygens (including phenoxy) is 1. The first-order chi connectivity index (χ1) is 14.0. The van der Waals surface area contributed by atoms with Crippen molar-refractivity contribution in [1.82, 2.24) is 9.97 Å². The molecule has 1 heterocycles. The predicted octanol–water partition coefficient (Wildman–Crippen LogP) is 4.86. The van der Waals surface area contributed by atoms with Gasteiger partial charge in [-0.2, -0.15) is 5.26 Å². The van der Waals surface area contributed by atoms with Gasteiger partial charge in [0.25, 0.3) is 0 Å². The molecule has 4 rings (SSSR count). The van der Waals surface area contributed by atoms with Crippen LogP contribution in [0.15, 0.2) is 36.7 Å². The molecule has 0 unspecified atom stereocenters. The maximum absolute atomic E-state index is 13.9. The second-order valence-corrected chi connectivity index (χ2v) is 7.44. The smallest absolute Gasteiger partial charge is 0.146 e. The van der Waals surface area contributed by atoms with Crippen LogP contribution in [0.4, 0.5) is 21.6 Å². The molecule has 1 aliphatic carbocycles. The van der Waals surface area contributed by atoms with Gasteiger partial charge in [-0.1, -0.05) is 0 Å². The average molecular weight is 391 g/mol. The van der Waals surface area contributed by atoms with E-state index in [1.165, 1.54) is 18.5 Å². The highest BCUT2D eigenvalue weighted by Gasteiger charge is 2.23. The molecule has 0 spiro atoms. The van der Waals surface area contributed by atoms with Crippen LogP contribution >= 0.6 is 0 Å². The molecule has 1 aliphatic rings. The minimum atomic E-state index is -0.368. The number of nitrogens with one attached hydrogen (secondary N) is 1. The zero-order valence-corrected chi connectivity index (χ0v) is 16.2. The molecule has 2 aromatic carbocycles. The summed E-state index contributed by atoms with van der Waals surface area (Å²) < 4.78 is 20.0. The summed E-state index contributed by atoms with van der Waals surface area (Å²) >= 11 is 0. The number of nitrogens with two attached hydrogens (primary N) is 1. The predicted molar refractivity (Wildman–Crippen MR) is 110 cm³/mol. The fraction of sp³-hybridized carbons (Fsp3) is 0.318. The van der Waals surface area contributed by atoms with Crippen LogP contribution in [0.3, 0.4) is 0 Å². The molecule has 1 aromatic heterocycles. The highest BCUT2D eigenvalue weighted by molar-refractivity contribution is 5.95. The Morgan fingerprint density at radius 2 is 1.97 bits per heavy atom. The Morgan fingerprint density at radius 1 is 1.17 bits per heavy atom. The van der Waals surface area contributed by atoms with Gasteiger partial charge in [0.2, 0.25) is 0 Å². The molecule has 0 radical (unpaired) electrons. The van der Waals surface area contributed by atoms with Crippen LogP contribution in [0.5, 0.6) is 5.75 Å². The van der Waals surface area contributed by atoms with Crippen molar-refractivity contribution in [3.8, 4) is 11.8 Å². The van der Waals surface area contributed by atoms with Gasteiger partial charge in [0.15, 0.2) is 0 Å². The number of hydrogen-bond acceptors (Lipinski definition) is 6. The number of nitriles is 1. The molecule has 0 atom stereocenters. The van der Waals surface area contributed by atoms with Crippen molar-refractivity contribution in [1.29, 1.82) is 5.26 Å². The third-order valence-electron chi connectivity index (χ3n) is 5.30. The van der Waals surface area contributed by atoms with E-state index < -0.39 is 0 Å². The lowest BCUT2D eigenvalue weighted by Crippen LogP contribution is -2.24. The maximum Gasteiger partial charge on any atom is 0.146 e. The molecule has 0 bridgehead atoms. The normalized spacial score (nSPS) is 18.9. The highest BCUT2D eigenvalue weighted by atomic mass is 19.1. The van der Waals surface area contributed by atoms with Crippen LogP contribution in [0.1, 0.15) is 31.2 Å². The Balaban J connectivity index is 1.63. The molecule has 0 saturated heterocycles. The quantitative estimate of drug-likeness (QED) is 0.616. The number of aromatic nitrogens is 2. The largest absolute Gasteiger partial charge is 0.488 e. The number of fused-ring (bicyclic) bond motifs is 1. The summed E-state index contributed by atoms with van der Waals surface area (Å²) in [4.78, 5) is 8.68. The van der Waals surface area contributed by atoms with Gasteiger partial charge in [0.05, 0.1) is 23.4 Å². The first-order valence-electron chi connectivity index (χ1n) is 9.67. The highest BCUT2D eigenvalue weighted by Crippen LogP contribution is 2.35. The van der Waals surface area contributed by atoms with Gasteiger partial charge in [0, 0.05) is 23.1 Å². The summed E-state index contributed by atoms with van der Waals surface area (Å²) in [5, 5.41) is 13.2. The molecule has 0 aliphatic heterocycles. The van der Waals surface area contributed by atoms with Crippen LogP contribution in [-0.4, -0.2) is 16.1 Å². The van der Waals surface area contributed by atoms with Crippen molar-refractivity contribution in [3.63, 3.8) is 0 Å². The van der Waals surface area contributed by atoms with Crippen molar-refractivity contribution in [2.45, 2.75) is 38.7 Å². The molecule has 6 nitrogen and oxygen atoms in total. The van der Waals surface area contributed by atoms with Crippen LogP contribution in [0.25, 0.3) is 10.9 Å². The minimum Gasteiger partial charge on any atom is -0.488 e. The number of anilines is 3. The van der Waals surface area contributed by atoms with Crippen LogP contribution in [-0.2, 0) is 0 Å². The standard InChI is InChI=1S/C22H22FN5O/c1-13-8-16(25)10-19-21(13)22(27-12-26-19)28-18-7-4-15(23)9-20(18)29-17-5-2-14(11-24)3-6-17/h4,7-10,12,14,17H,2-3,5-6,25H2,1H3,(H,26,27,28). The van der Waals surface area contributed by atoms with E-state index in [0.29, 0.717) is 22.9 Å². The summed E-state index contributed by atoms with van der Waals surface area (Å²) in [5.41, 5.74) is 8.88. The first-order valence-corrected chi connectivity index (χ1v) is 9.67. The van der Waals surface area contributed by atoms with Gasteiger partial charge >= 0.3 is 0 Å². The molecule has 148 valence electrons. The second kappa shape index (κ2) is 7.92. The van der Waals surface area contributed by atoms with E-state index in [4.69, 9.17) is 15.7 Å². The Bertz CT molecular complexity index is 1090. The number of aryl methyl sites for hydroxylation is 1. The number of hydrogen-bond donors (Lipinski definition) is 2. The topological polar surface area (TPSA) is 96.8 Å². The van der Waals surface area contributed by atoms with E-state index in [-0.39, 0.29) is 17.8 Å². The molecule has 1 fully saturated rings. The monoisotopic (exact) mass is 391 g/mol. The SMILES string of the molecule is Cc1cc(N)cc2ncnc(Nc3ccc(F)cc3OC3CCC(C#N)CC3)c12. The summed E-state index contributed by atoms with van der Waals surface area (Å²) in [5.74, 6) is 0.762. The van der Waals surface area contributed by atoms with Crippen molar-refractivity contribution >= 4 is 28.1 Å². The van der Waals surface area contributed by atoms with E-state index in [9.17, 15) is 4.39 Å². The van der Waals surface area contributed by atoms with E-state index in [0.717, 1.165) is 42.1 Å². The number of rotatable bonds is 4. The van der Waals surface area contributed by atoms with E-state index in [1.54, 1.807) is 12.1 Å². The molecule has 3 N–H and O–H groups in total. The van der Waals surface area contributed by atoms with Gasteiger partial charge in [-0.25, -0.2) is 14.4 Å². The summed E-state index contributed by atoms with van der Waals surface area (Å²) in [7, 11) is 0. The van der Waals surface area contributed by atoms with Gasteiger partial charge in [0.1, 0.15) is 23.7 Å². The zero-order valence-electron chi connectivity index (χ0n) is 16.2. The van der Waals surface area contributed by atoms with E-state index in [1.807, 2.05) is 13.0 Å². The molecule has 1 saturated carbocycles. The van der Waals surface area contributed by atoms with Gasteiger partial charge in [-0.3, -0.25) is 0 Å². The molecule has 0 amide bonds. The lowest BCUT2D eigenvalue weighted by Gasteiger charge is -2.26. The van der Waals surface area contributed by atoms with Gasteiger partial charge < -0.3 is 15.8 Å². The fourth-order valence-electron chi connectivity index (χ4n) is 3.83. The third-order valence-corrected chi connectivity index (χ3v) is 5.30. The molecule has 29 heavy (non-hydrogen) atoms. The minimum absolute atomic E-state index is 0.0365. The lowest BCUT2D eigenvalue weighted by molar-refractivity contribution is 0.143. The Labute approximate surface area is 168 Å². The Hall–Kier alpha value is -3.40.